The van der Waals surface area contributed by atoms with Gasteiger partial charge in [0.05, 0.1) is 23.4 Å². The van der Waals surface area contributed by atoms with E-state index in [1.807, 2.05) is 31.2 Å². The van der Waals surface area contributed by atoms with E-state index >= 15 is 0 Å². The molecule has 1 fully saturated rings. The summed E-state index contributed by atoms with van der Waals surface area (Å²) < 4.78 is 12.6. The molecule has 100 valence electrons. The van der Waals surface area contributed by atoms with Crippen LogP contribution in [0.2, 0.25) is 0 Å². The van der Waals surface area contributed by atoms with Crippen molar-refractivity contribution in [1.82, 2.24) is 9.97 Å². The highest BCUT2D eigenvalue weighted by Gasteiger charge is 2.21. The van der Waals surface area contributed by atoms with Crippen LogP contribution in [0.4, 0.5) is 10.2 Å². The molecule has 0 bridgehead atoms. The number of piperidine rings is 1. The maximum atomic E-state index is 12.6. The zero-order valence-corrected chi connectivity index (χ0v) is 11.1. The summed E-state index contributed by atoms with van der Waals surface area (Å²) in [4.78, 5) is 11.6. The monoisotopic (exact) mass is 259 g/mol. The number of para-hydroxylation sites is 2. The smallest absolute Gasteiger partial charge is 0.150 e. The summed E-state index contributed by atoms with van der Waals surface area (Å²) in [6.45, 7) is 3.55. The van der Waals surface area contributed by atoms with Gasteiger partial charge in [-0.05, 0) is 37.8 Å². The molecule has 0 aliphatic carbocycles. The van der Waals surface area contributed by atoms with Crippen molar-refractivity contribution in [2.75, 3.05) is 24.7 Å². The van der Waals surface area contributed by atoms with Gasteiger partial charge in [0.25, 0.3) is 0 Å². The van der Waals surface area contributed by atoms with Crippen molar-refractivity contribution in [2.24, 2.45) is 5.92 Å². The highest BCUT2D eigenvalue weighted by molar-refractivity contribution is 5.76. The third-order valence-corrected chi connectivity index (χ3v) is 3.85. The number of aryl methyl sites for hydroxylation is 1. The largest absolute Gasteiger partial charge is 0.355 e. The van der Waals surface area contributed by atoms with Gasteiger partial charge in [0.1, 0.15) is 0 Å². The molecule has 0 amide bonds. The van der Waals surface area contributed by atoms with Gasteiger partial charge in [-0.15, -0.1) is 0 Å². The van der Waals surface area contributed by atoms with Gasteiger partial charge >= 0.3 is 0 Å². The predicted molar refractivity (Wildman–Crippen MR) is 75.2 cm³/mol. The second-order valence-electron chi connectivity index (χ2n) is 5.21. The van der Waals surface area contributed by atoms with E-state index in [2.05, 4.69) is 9.88 Å². The molecule has 2 heterocycles. The molecule has 0 N–H and O–H groups in total. The Morgan fingerprint density at radius 1 is 1.16 bits per heavy atom. The fourth-order valence-corrected chi connectivity index (χ4v) is 2.68. The number of alkyl halides is 1. The van der Waals surface area contributed by atoms with Crippen molar-refractivity contribution in [3.05, 3.63) is 30.0 Å². The average Bonchev–Trinajstić information content (AvgIpc) is 2.47. The second kappa shape index (κ2) is 5.11. The topological polar surface area (TPSA) is 29.0 Å². The van der Waals surface area contributed by atoms with E-state index in [1.165, 1.54) is 0 Å². The molecule has 2 aromatic rings. The van der Waals surface area contributed by atoms with E-state index in [9.17, 15) is 4.39 Å². The highest BCUT2D eigenvalue weighted by Crippen LogP contribution is 2.25. The molecule has 1 aliphatic heterocycles. The zero-order valence-electron chi connectivity index (χ0n) is 11.1. The van der Waals surface area contributed by atoms with Gasteiger partial charge in [0.2, 0.25) is 0 Å². The first kappa shape index (κ1) is 12.3. The first-order valence-corrected chi connectivity index (χ1v) is 6.82. The number of hydrogen-bond acceptors (Lipinski definition) is 3. The number of hydrogen-bond donors (Lipinski definition) is 0. The maximum Gasteiger partial charge on any atom is 0.150 e. The first-order chi connectivity index (χ1) is 9.28. The van der Waals surface area contributed by atoms with E-state index in [4.69, 9.17) is 4.98 Å². The van der Waals surface area contributed by atoms with Crippen LogP contribution in [0, 0.1) is 12.8 Å². The fraction of sp³-hybridized carbons (Fsp3) is 0.467. The Bertz CT molecular complexity index is 577. The van der Waals surface area contributed by atoms with Crippen molar-refractivity contribution >= 4 is 16.9 Å². The van der Waals surface area contributed by atoms with Crippen molar-refractivity contribution in [3.8, 4) is 0 Å². The summed E-state index contributed by atoms with van der Waals surface area (Å²) in [7, 11) is 0. The molecule has 1 aromatic heterocycles. The van der Waals surface area contributed by atoms with Gasteiger partial charge in [-0.3, -0.25) is 4.39 Å². The standard InChI is InChI=1S/C15H18FN3/c1-11-15(19-8-6-12(10-16)7-9-19)18-14-5-3-2-4-13(14)17-11/h2-5,12H,6-10H2,1H3. The zero-order chi connectivity index (χ0) is 13.2. The molecule has 19 heavy (non-hydrogen) atoms. The maximum absolute atomic E-state index is 12.6. The number of anilines is 1. The fourth-order valence-electron chi connectivity index (χ4n) is 2.68. The lowest BCUT2D eigenvalue weighted by Crippen LogP contribution is -2.35. The van der Waals surface area contributed by atoms with Crippen LogP contribution in [0.15, 0.2) is 24.3 Å². The van der Waals surface area contributed by atoms with Gasteiger partial charge in [-0.25, -0.2) is 9.97 Å². The van der Waals surface area contributed by atoms with Crippen molar-refractivity contribution in [2.45, 2.75) is 19.8 Å². The van der Waals surface area contributed by atoms with Crippen LogP contribution in [-0.4, -0.2) is 29.7 Å². The van der Waals surface area contributed by atoms with Gasteiger partial charge < -0.3 is 4.90 Å². The van der Waals surface area contributed by atoms with Crippen LogP contribution >= 0.6 is 0 Å². The first-order valence-electron chi connectivity index (χ1n) is 6.82. The summed E-state index contributed by atoms with van der Waals surface area (Å²) >= 11 is 0. The molecule has 0 saturated carbocycles. The van der Waals surface area contributed by atoms with E-state index in [1.54, 1.807) is 0 Å². The third-order valence-electron chi connectivity index (χ3n) is 3.85. The Kier molecular flexibility index (Phi) is 3.32. The van der Waals surface area contributed by atoms with Crippen LogP contribution in [0.1, 0.15) is 18.5 Å². The molecule has 0 spiro atoms. The minimum atomic E-state index is -0.198. The lowest BCUT2D eigenvalue weighted by Gasteiger charge is -2.32. The molecule has 1 aliphatic rings. The van der Waals surface area contributed by atoms with Gasteiger partial charge in [0, 0.05) is 13.1 Å². The number of halogens is 1. The predicted octanol–water partition coefficient (Wildman–Crippen LogP) is 3.12. The lowest BCUT2D eigenvalue weighted by molar-refractivity contribution is 0.307. The number of nitrogens with zero attached hydrogens (tertiary/aromatic N) is 3. The summed E-state index contributed by atoms with van der Waals surface area (Å²) in [5.41, 5.74) is 2.82. The van der Waals surface area contributed by atoms with E-state index in [-0.39, 0.29) is 12.6 Å². The Hall–Kier alpha value is -1.71. The summed E-state index contributed by atoms with van der Waals surface area (Å²) in [6.07, 6.45) is 1.81. The van der Waals surface area contributed by atoms with Gasteiger partial charge in [-0.2, -0.15) is 0 Å². The Morgan fingerprint density at radius 3 is 2.42 bits per heavy atom. The van der Waals surface area contributed by atoms with Crippen LogP contribution < -0.4 is 4.90 Å². The van der Waals surface area contributed by atoms with Crippen LogP contribution in [0.3, 0.4) is 0 Å². The molecule has 3 nitrogen and oxygen atoms in total. The van der Waals surface area contributed by atoms with Gasteiger partial charge in [0.15, 0.2) is 5.82 Å². The van der Waals surface area contributed by atoms with Crippen molar-refractivity contribution < 1.29 is 4.39 Å². The average molecular weight is 259 g/mol. The molecule has 3 rings (SSSR count). The molecular formula is C15H18FN3. The Morgan fingerprint density at radius 2 is 1.79 bits per heavy atom. The number of fused-ring (bicyclic) bond motifs is 1. The van der Waals surface area contributed by atoms with E-state index in [0.29, 0.717) is 0 Å². The molecule has 0 radical (unpaired) electrons. The Balaban J connectivity index is 1.90. The molecule has 0 atom stereocenters. The molecule has 1 aromatic carbocycles. The number of aromatic nitrogens is 2. The SMILES string of the molecule is Cc1nc2ccccc2nc1N1CCC(CF)CC1. The third kappa shape index (κ3) is 2.39. The number of benzene rings is 1. The molecule has 0 unspecified atom stereocenters. The highest BCUT2D eigenvalue weighted by atomic mass is 19.1. The molecule has 4 heteroatoms. The minimum Gasteiger partial charge on any atom is -0.355 e. The summed E-state index contributed by atoms with van der Waals surface area (Å²) in [6, 6.07) is 7.92. The lowest BCUT2D eigenvalue weighted by atomic mass is 9.98. The quantitative estimate of drug-likeness (QED) is 0.829. The minimum absolute atomic E-state index is 0.198. The van der Waals surface area contributed by atoms with E-state index in [0.717, 1.165) is 48.5 Å². The van der Waals surface area contributed by atoms with Crippen LogP contribution in [-0.2, 0) is 0 Å². The van der Waals surface area contributed by atoms with Crippen molar-refractivity contribution in [1.29, 1.82) is 0 Å². The van der Waals surface area contributed by atoms with Crippen molar-refractivity contribution in [3.63, 3.8) is 0 Å². The summed E-state index contributed by atoms with van der Waals surface area (Å²) in [5, 5.41) is 0. The second-order valence-corrected chi connectivity index (χ2v) is 5.21. The van der Waals surface area contributed by atoms with E-state index < -0.39 is 0 Å². The van der Waals surface area contributed by atoms with Gasteiger partial charge in [-0.1, -0.05) is 12.1 Å². The van der Waals surface area contributed by atoms with Crippen LogP contribution in [0.25, 0.3) is 11.0 Å². The normalized spacial score (nSPS) is 17.1. The summed E-state index contributed by atoms with van der Waals surface area (Å²) in [5.74, 6) is 1.18. The van der Waals surface area contributed by atoms with Crippen LogP contribution in [0.5, 0.6) is 0 Å². The number of rotatable bonds is 2. The molecular weight excluding hydrogens is 241 g/mol. The Labute approximate surface area is 112 Å². The molecule has 1 saturated heterocycles.